The minimum absolute atomic E-state index is 0.00140. The molecule has 1 aliphatic rings. The van der Waals surface area contributed by atoms with Gasteiger partial charge in [0.05, 0.1) is 18.5 Å². The number of benzene rings is 1. The molecule has 0 spiro atoms. The maximum atomic E-state index is 7.23. The maximum Gasteiger partial charge on any atom is 0.252 e. The van der Waals surface area contributed by atoms with Gasteiger partial charge in [0, 0.05) is 5.92 Å². The standard InChI is InChI=1S/C31H51N5O3Si2/c1-12-23-22(19-18-21-16-14-13-15-17-21)25(38-40(8,9)30(2,3)4)28(37-23)36-20-33-24-26(36)34-29(32)35-27(24)39-41(10,11)31(5,6)7/h13-17,20,22-23,25,28H,12,18-19H2,1-11H3,(H2,32,34,35)/t22-,23+,25?,28+/m0/s1. The first-order chi connectivity index (χ1) is 18.9. The molecule has 2 aromatic heterocycles. The predicted molar refractivity (Wildman–Crippen MR) is 172 cm³/mol. The quantitative estimate of drug-likeness (QED) is 0.252. The Labute approximate surface area is 248 Å². The fraction of sp³-hybridized carbons (Fsp3) is 0.645. The Bertz CT molecular complexity index is 1330. The summed E-state index contributed by atoms with van der Waals surface area (Å²) in [6, 6.07) is 10.7. The van der Waals surface area contributed by atoms with Crippen molar-refractivity contribution in [2.45, 2.75) is 122 Å². The number of nitrogens with zero attached hydrogens (tertiary/aromatic N) is 4. The third-order valence-electron chi connectivity index (χ3n) is 9.58. The molecule has 1 unspecified atom stereocenters. The van der Waals surface area contributed by atoms with Crippen LogP contribution in [0.4, 0.5) is 5.95 Å². The third-order valence-corrected chi connectivity index (χ3v) is 18.4. The van der Waals surface area contributed by atoms with Crippen molar-refractivity contribution in [3.63, 3.8) is 0 Å². The van der Waals surface area contributed by atoms with Crippen LogP contribution in [0.2, 0.25) is 36.3 Å². The number of nitrogens with two attached hydrogens (primary N) is 1. The van der Waals surface area contributed by atoms with Crippen LogP contribution in [0.15, 0.2) is 36.7 Å². The Kier molecular flexibility index (Phi) is 8.82. The highest BCUT2D eigenvalue weighted by atomic mass is 28.4. The summed E-state index contributed by atoms with van der Waals surface area (Å²) in [6.45, 7) is 24.7. The number of anilines is 1. The van der Waals surface area contributed by atoms with Crippen molar-refractivity contribution in [2.24, 2.45) is 5.92 Å². The Morgan fingerprint density at radius 3 is 2.17 bits per heavy atom. The van der Waals surface area contributed by atoms with Gasteiger partial charge in [0.15, 0.2) is 25.7 Å². The van der Waals surface area contributed by atoms with E-state index in [-0.39, 0.29) is 40.4 Å². The molecule has 4 atom stereocenters. The summed E-state index contributed by atoms with van der Waals surface area (Å²) in [5.74, 6) is 0.838. The number of ether oxygens (including phenoxy) is 1. The summed E-state index contributed by atoms with van der Waals surface area (Å²) in [7, 11) is -4.34. The zero-order chi connectivity index (χ0) is 30.4. The lowest BCUT2D eigenvalue weighted by Crippen LogP contribution is -2.47. The van der Waals surface area contributed by atoms with Crippen LogP contribution < -0.4 is 10.2 Å². The minimum Gasteiger partial charge on any atom is -0.529 e. The van der Waals surface area contributed by atoms with Gasteiger partial charge in [-0.25, -0.2) is 4.98 Å². The summed E-state index contributed by atoms with van der Waals surface area (Å²) in [5, 5.41) is 0.0538. The number of aryl methyl sites for hydroxylation is 1. The monoisotopic (exact) mass is 597 g/mol. The second kappa shape index (κ2) is 11.4. The first-order valence-corrected chi connectivity index (χ1v) is 20.8. The molecule has 4 rings (SSSR count). The van der Waals surface area contributed by atoms with E-state index < -0.39 is 16.6 Å². The van der Waals surface area contributed by atoms with Gasteiger partial charge in [-0.15, -0.1) is 0 Å². The number of imidazole rings is 1. The van der Waals surface area contributed by atoms with Crippen LogP contribution in [-0.2, 0) is 15.6 Å². The van der Waals surface area contributed by atoms with Crippen LogP contribution in [0.25, 0.3) is 11.2 Å². The lowest BCUT2D eigenvalue weighted by Gasteiger charge is -2.41. The van der Waals surface area contributed by atoms with E-state index >= 15 is 0 Å². The van der Waals surface area contributed by atoms with Crippen molar-refractivity contribution < 1.29 is 13.6 Å². The van der Waals surface area contributed by atoms with E-state index in [0.29, 0.717) is 17.0 Å². The average molecular weight is 598 g/mol. The molecule has 1 aromatic carbocycles. The largest absolute Gasteiger partial charge is 0.529 e. The van der Waals surface area contributed by atoms with Crippen LogP contribution in [0.3, 0.4) is 0 Å². The van der Waals surface area contributed by atoms with Crippen molar-refractivity contribution in [3.05, 3.63) is 42.2 Å². The van der Waals surface area contributed by atoms with Gasteiger partial charge in [0.1, 0.15) is 0 Å². The molecule has 226 valence electrons. The number of hydrogen-bond donors (Lipinski definition) is 1. The highest BCUT2D eigenvalue weighted by Crippen LogP contribution is 2.47. The van der Waals surface area contributed by atoms with Gasteiger partial charge in [0.2, 0.25) is 11.8 Å². The SMILES string of the molecule is CC[C@H]1O[C@@H](n2cnc3c(O[Si](C)(C)C(C)(C)C)nc(N)nc32)C(O[Si](C)(C)C(C)(C)C)[C@H]1CCc1ccccc1. The number of hydrogen-bond acceptors (Lipinski definition) is 7. The fourth-order valence-corrected chi connectivity index (χ4v) is 7.21. The summed E-state index contributed by atoms with van der Waals surface area (Å²) in [6.07, 6.45) is 4.17. The zero-order valence-electron chi connectivity index (χ0n) is 27.0. The molecule has 3 heterocycles. The van der Waals surface area contributed by atoms with E-state index in [0.717, 1.165) is 19.3 Å². The molecule has 0 aliphatic carbocycles. The predicted octanol–water partition coefficient (Wildman–Crippen LogP) is 7.74. The molecule has 10 heteroatoms. The molecular formula is C31H51N5O3Si2. The number of nitrogen functional groups attached to an aromatic ring is 1. The average Bonchev–Trinajstić information content (AvgIpc) is 3.42. The van der Waals surface area contributed by atoms with Crippen LogP contribution in [0, 0.1) is 5.92 Å². The van der Waals surface area contributed by atoms with Crippen molar-refractivity contribution in [1.82, 2.24) is 19.5 Å². The van der Waals surface area contributed by atoms with Gasteiger partial charge in [0.25, 0.3) is 8.32 Å². The lowest BCUT2D eigenvalue weighted by molar-refractivity contribution is -0.0321. The van der Waals surface area contributed by atoms with Crippen molar-refractivity contribution in [1.29, 1.82) is 0 Å². The van der Waals surface area contributed by atoms with E-state index in [4.69, 9.17) is 24.3 Å². The van der Waals surface area contributed by atoms with E-state index in [2.05, 4.69) is 115 Å². The third kappa shape index (κ3) is 6.55. The summed E-state index contributed by atoms with van der Waals surface area (Å²) < 4.78 is 22.7. The molecule has 8 nitrogen and oxygen atoms in total. The molecule has 1 fully saturated rings. The topological polar surface area (TPSA) is 97.3 Å². The first-order valence-electron chi connectivity index (χ1n) is 15.0. The van der Waals surface area contributed by atoms with E-state index in [9.17, 15) is 0 Å². The number of aromatic nitrogens is 4. The highest BCUT2D eigenvalue weighted by molar-refractivity contribution is 6.75. The van der Waals surface area contributed by atoms with Gasteiger partial charge in [-0.05, 0) is 61.1 Å². The molecule has 1 saturated heterocycles. The van der Waals surface area contributed by atoms with Crippen molar-refractivity contribution in [2.75, 3.05) is 5.73 Å². The van der Waals surface area contributed by atoms with Gasteiger partial charge in [-0.1, -0.05) is 78.8 Å². The van der Waals surface area contributed by atoms with E-state index in [1.165, 1.54) is 5.56 Å². The van der Waals surface area contributed by atoms with Crippen LogP contribution in [-0.4, -0.2) is 48.4 Å². The number of rotatable bonds is 9. The Morgan fingerprint density at radius 1 is 0.951 bits per heavy atom. The van der Waals surface area contributed by atoms with Gasteiger partial charge in [-0.3, -0.25) is 4.57 Å². The molecule has 0 saturated carbocycles. The van der Waals surface area contributed by atoms with Crippen molar-refractivity contribution in [3.8, 4) is 5.88 Å². The Hall–Kier alpha value is -2.28. The van der Waals surface area contributed by atoms with Crippen molar-refractivity contribution >= 4 is 33.7 Å². The van der Waals surface area contributed by atoms with Gasteiger partial charge >= 0.3 is 0 Å². The molecule has 3 aromatic rings. The maximum absolute atomic E-state index is 7.23. The molecule has 0 bridgehead atoms. The summed E-state index contributed by atoms with van der Waals surface area (Å²) in [5.41, 5.74) is 8.84. The molecular weight excluding hydrogens is 547 g/mol. The molecule has 1 aliphatic heterocycles. The van der Waals surface area contributed by atoms with Gasteiger partial charge < -0.3 is 19.3 Å². The molecule has 0 radical (unpaired) electrons. The van der Waals surface area contributed by atoms with Crippen LogP contribution >= 0.6 is 0 Å². The second-order valence-electron chi connectivity index (χ2n) is 14.6. The van der Waals surface area contributed by atoms with E-state index in [1.807, 2.05) is 4.57 Å². The molecule has 41 heavy (non-hydrogen) atoms. The molecule has 2 N–H and O–H groups in total. The molecule has 0 amide bonds. The van der Waals surface area contributed by atoms with Crippen LogP contribution in [0.5, 0.6) is 5.88 Å². The summed E-state index contributed by atoms with van der Waals surface area (Å²) >= 11 is 0. The van der Waals surface area contributed by atoms with Gasteiger partial charge in [-0.2, -0.15) is 9.97 Å². The van der Waals surface area contributed by atoms with Crippen LogP contribution in [0.1, 0.15) is 73.1 Å². The fourth-order valence-electron chi connectivity index (χ4n) is 4.95. The highest BCUT2D eigenvalue weighted by Gasteiger charge is 2.50. The summed E-state index contributed by atoms with van der Waals surface area (Å²) in [4.78, 5) is 13.9. The lowest BCUT2D eigenvalue weighted by atomic mass is 9.90. The smallest absolute Gasteiger partial charge is 0.252 e. The Balaban J connectivity index is 1.77. The Morgan fingerprint density at radius 2 is 1.59 bits per heavy atom. The normalized spacial score (nSPS) is 22.4. The van der Waals surface area contributed by atoms with E-state index in [1.54, 1.807) is 6.33 Å². The first kappa shape index (κ1) is 31.7. The second-order valence-corrected chi connectivity index (χ2v) is 24.1. The zero-order valence-corrected chi connectivity index (χ0v) is 29.0. The minimum atomic E-state index is -2.19. The number of fused-ring (bicyclic) bond motifs is 1.